The number of pyridine rings is 2. The molecule has 13 heteroatoms. The number of rotatable bonds is 8. The Labute approximate surface area is 206 Å². The molecule has 0 aliphatic heterocycles. The molecule has 0 bridgehead atoms. The van der Waals surface area contributed by atoms with Crippen LogP contribution in [-0.4, -0.2) is 53.7 Å². The number of methoxy groups -OCH3 is 2. The molecule has 0 saturated heterocycles. The Bertz CT molecular complexity index is 1470. The number of carbonyl (C=O) groups is 2. The lowest BCUT2D eigenvalue weighted by Crippen LogP contribution is -2.23. The van der Waals surface area contributed by atoms with Gasteiger partial charge in [-0.2, -0.15) is 18.3 Å². The number of anilines is 3. The van der Waals surface area contributed by atoms with Gasteiger partial charge in [0.15, 0.2) is 11.9 Å². The summed E-state index contributed by atoms with van der Waals surface area (Å²) in [6.45, 7) is -2.86. The van der Waals surface area contributed by atoms with Gasteiger partial charge in [-0.15, -0.1) is 0 Å². The fourth-order valence-corrected chi connectivity index (χ4v) is 3.48. The molecule has 1 fully saturated rings. The lowest BCUT2D eigenvalue weighted by molar-refractivity contribution is -0.216. The van der Waals surface area contributed by atoms with Gasteiger partial charge in [0.1, 0.15) is 11.3 Å². The number of hydrogen-bond donors (Lipinski definition) is 3. The van der Waals surface area contributed by atoms with Gasteiger partial charge >= 0.3 is 6.18 Å². The zero-order valence-electron chi connectivity index (χ0n) is 24.1. The van der Waals surface area contributed by atoms with E-state index in [1.165, 1.54) is 12.3 Å². The van der Waals surface area contributed by atoms with E-state index in [4.69, 9.17) is 13.0 Å². The Morgan fingerprint density at radius 1 is 1.29 bits per heavy atom. The Morgan fingerprint density at radius 3 is 2.74 bits per heavy atom. The molecule has 1 aliphatic rings. The summed E-state index contributed by atoms with van der Waals surface area (Å²) in [4.78, 5) is 29.0. The van der Waals surface area contributed by atoms with Crippen LogP contribution in [0.25, 0.3) is 5.52 Å². The number of nitrogens with zero attached hydrogens (tertiary/aromatic N) is 3. The van der Waals surface area contributed by atoms with Crippen molar-refractivity contribution >= 4 is 34.5 Å². The molecule has 1 atom stereocenters. The van der Waals surface area contributed by atoms with Crippen LogP contribution in [0.4, 0.5) is 30.4 Å². The number of alkyl halides is 3. The minimum Gasteiger partial charge on any atom is -0.494 e. The van der Waals surface area contributed by atoms with Crippen LogP contribution in [0.15, 0.2) is 30.7 Å². The molecule has 3 N–H and O–H groups in total. The van der Waals surface area contributed by atoms with E-state index in [1.807, 2.05) is 5.32 Å². The molecule has 3 aromatic rings. The first-order valence-corrected chi connectivity index (χ1v) is 10.2. The van der Waals surface area contributed by atoms with Crippen LogP contribution in [0.2, 0.25) is 0 Å². The largest absolute Gasteiger partial charge is 0.494 e. The van der Waals surface area contributed by atoms with E-state index in [0.29, 0.717) is 12.8 Å². The summed E-state index contributed by atoms with van der Waals surface area (Å²) >= 11 is 0. The molecule has 1 aliphatic carbocycles. The predicted molar refractivity (Wildman–Crippen MR) is 120 cm³/mol. The highest BCUT2D eigenvalue weighted by Gasteiger charge is 2.43. The molecule has 2 amide bonds. The van der Waals surface area contributed by atoms with Crippen LogP contribution < -0.4 is 20.7 Å². The number of ether oxygens (including phenoxy) is 2. The van der Waals surface area contributed by atoms with E-state index in [0.717, 1.165) is 30.1 Å². The first-order chi connectivity index (χ1) is 19.0. The van der Waals surface area contributed by atoms with Gasteiger partial charge in [-0.25, -0.2) is 9.50 Å². The fourth-order valence-electron chi connectivity index (χ4n) is 3.48. The number of amides is 2. The highest BCUT2D eigenvalue weighted by molar-refractivity contribution is 6.02. The van der Waals surface area contributed by atoms with Crippen molar-refractivity contribution in [2.45, 2.75) is 25.1 Å². The average molecular weight is 498 g/mol. The molecule has 35 heavy (non-hydrogen) atoms. The van der Waals surface area contributed by atoms with Gasteiger partial charge < -0.3 is 25.4 Å². The van der Waals surface area contributed by atoms with Crippen molar-refractivity contribution in [2.24, 2.45) is 5.92 Å². The molecular formula is C22H23F3N6O4. The van der Waals surface area contributed by atoms with E-state index >= 15 is 0 Å². The Morgan fingerprint density at radius 2 is 2.09 bits per heavy atom. The van der Waals surface area contributed by atoms with E-state index in [9.17, 15) is 22.8 Å². The standard InChI is InChI=1S/C22H23F3N6O4/c1-26-21(33)13-9-27-16(30-20(32)11-4-5-11)8-14(13)29-15-10-28-31-7-6-12(18(34-2)17(15)31)19(35-3)22(23,24)25/h6-11,19H,4-5H2,1-3H3,(H,26,33)(H2,27,29,30,32)/t19-/m0/s1/i1D3,3D3. The first-order valence-electron chi connectivity index (χ1n) is 13.2. The van der Waals surface area contributed by atoms with Gasteiger partial charge in [0, 0.05) is 48.1 Å². The van der Waals surface area contributed by atoms with E-state index in [-0.39, 0.29) is 40.1 Å². The van der Waals surface area contributed by atoms with Crippen LogP contribution in [0.1, 0.15) is 43.1 Å². The molecule has 1 saturated carbocycles. The molecule has 10 nitrogen and oxygen atoms in total. The summed E-state index contributed by atoms with van der Waals surface area (Å²) in [6, 6.07) is 2.18. The molecular weight excluding hydrogens is 469 g/mol. The zero-order valence-corrected chi connectivity index (χ0v) is 18.1. The van der Waals surface area contributed by atoms with Crippen molar-refractivity contribution in [2.75, 3.05) is 31.8 Å². The molecule has 3 heterocycles. The van der Waals surface area contributed by atoms with Crippen molar-refractivity contribution in [3.63, 3.8) is 0 Å². The SMILES string of the molecule is [2H]C([2H])([2H])NC(=O)c1cnc(NC(=O)C2CC2)cc1Nc1cnn2ccc([C@H](OC([2H])([2H])[2H])C(F)(F)F)c(OC)c12. The molecule has 0 radical (unpaired) electrons. The van der Waals surface area contributed by atoms with E-state index in [2.05, 4.69) is 25.5 Å². The Hall–Kier alpha value is -3.87. The number of nitrogens with one attached hydrogen (secondary N) is 3. The molecule has 186 valence electrons. The third-order valence-electron chi connectivity index (χ3n) is 5.30. The molecule has 0 unspecified atom stereocenters. The average Bonchev–Trinajstić information content (AvgIpc) is 3.61. The van der Waals surface area contributed by atoms with Gasteiger partial charge in [-0.1, -0.05) is 0 Å². The Balaban J connectivity index is 1.81. The van der Waals surface area contributed by atoms with Crippen molar-refractivity contribution in [3.8, 4) is 5.75 Å². The highest BCUT2D eigenvalue weighted by Crippen LogP contribution is 2.43. The molecule has 0 spiro atoms. The maximum atomic E-state index is 13.9. The summed E-state index contributed by atoms with van der Waals surface area (Å²) in [5.41, 5.74) is -1.15. The van der Waals surface area contributed by atoms with Crippen LogP contribution in [0, 0.1) is 5.92 Å². The van der Waals surface area contributed by atoms with Gasteiger partial charge in [-0.3, -0.25) is 9.59 Å². The lowest BCUT2D eigenvalue weighted by Gasteiger charge is -2.22. The smallest absolute Gasteiger partial charge is 0.418 e. The summed E-state index contributed by atoms with van der Waals surface area (Å²) in [7, 11) is -2.34. The van der Waals surface area contributed by atoms with Gasteiger partial charge in [-0.05, 0) is 18.9 Å². The number of aromatic nitrogens is 3. The van der Waals surface area contributed by atoms with Crippen molar-refractivity contribution < 1.29 is 40.5 Å². The number of fused-ring (bicyclic) bond motifs is 1. The minimum atomic E-state index is -5.14. The van der Waals surface area contributed by atoms with Crippen LogP contribution in [0.5, 0.6) is 5.75 Å². The topological polar surface area (TPSA) is 119 Å². The van der Waals surface area contributed by atoms with Crippen LogP contribution >= 0.6 is 0 Å². The summed E-state index contributed by atoms with van der Waals surface area (Å²) in [6.07, 6.45) is -3.32. The number of halogens is 3. The van der Waals surface area contributed by atoms with Crippen LogP contribution in [-0.2, 0) is 9.53 Å². The second kappa shape index (κ2) is 9.41. The first kappa shape index (κ1) is 17.5. The van der Waals surface area contributed by atoms with Crippen LogP contribution in [0.3, 0.4) is 0 Å². The maximum absolute atomic E-state index is 13.9. The second-order valence-electron chi connectivity index (χ2n) is 7.65. The van der Waals surface area contributed by atoms with E-state index in [1.54, 1.807) is 0 Å². The zero-order chi connectivity index (χ0) is 30.3. The normalized spacial score (nSPS) is 17.7. The summed E-state index contributed by atoms with van der Waals surface area (Å²) in [5.74, 6) is -1.98. The Kier molecular flexibility index (Phi) is 4.72. The van der Waals surface area contributed by atoms with Gasteiger partial charge in [0.2, 0.25) is 5.91 Å². The van der Waals surface area contributed by atoms with E-state index < -0.39 is 43.5 Å². The third-order valence-corrected chi connectivity index (χ3v) is 5.30. The monoisotopic (exact) mass is 498 g/mol. The molecule has 0 aromatic carbocycles. The van der Waals surface area contributed by atoms with Crippen molar-refractivity contribution in [1.82, 2.24) is 19.9 Å². The van der Waals surface area contributed by atoms with Gasteiger partial charge in [0.25, 0.3) is 5.91 Å². The third kappa shape index (κ3) is 4.85. The maximum Gasteiger partial charge on any atom is 0.418 e. The lowest BCUT2D eigenvalue weighted by atomic mass is 10.1. The molecule has 3 aromatic heterocycles. The van der Waals surface area contributed by atoms with Crippen molar-refractivity contribution in [3.05, 3.63) is 41.9 Å². The molecule has 4 rings (SSSR count). The quantitative estimate of drug-likeness (QED) is 0.435. The summed E-state index contributed by atoms with van der Waals surface area (Å²) in [5, 5.41) is 11.3. The second-order valence-corrected chi connectivity index (χ2v) is 7.65. The highest BCUT2D eigenvalue weighted by atomic mass is 19.4. The number of carbonyl (C=O) groups excluding carboxylic acids is 2. The summed E-state index contributed by atoms with van der Waals surface area (Å²) < 4.78 is 96.1. The predicted octanol–water partition coefficient (Wildman–Crippen LogP) is 3.44. The number of hydrogen-bond acceptors (Lipinski definition) is 7. The minimum absolute atomic E-state index is 0.0159. The fraction of sp³-hybridized carbons (Fsp3) is 0.364. The van der Waals surface area contributed by atoms with Gasteiger partial charge in [0.05, 0.1) is 34.4 Å². The van der Waals surface area contributed by atoms with Crippen molar-refractivity contribution in [1.29, 1.82) is 0 Å².